The summed E-state index contributed by atoms with van der Waals surface area (Å²) < 4.78 is 18.1. The molecule has 0 radical (unpaired) electrons. The maximum atomic E-state index is 12.8. The summed E-state index contributed by atoms with van der Waals surface area (Å²) in [6, 6.07) is 14.1. The standard InChI is InChI=1S/C21H24FNO2/c22-19-10-6-16(7-11-19)14-15-23-21(24)25-20-12-8-18(9-13-20)17-4-2-1-3-5-17/h6-13,17H,1-5,14-15H2,(H,23,24). The van der Waals surface area contributed by atoms with Crippen molar-refractivity contribution in [3.8, 4) is 5.75 Å². The number of benzene rings is 2. The Hall–Kier alpha value is -2.36. The third kappa shape index (κ3) is 5.31. The van der Waals surface area contributed by atoms with Gasteiger partial charge in [0.25, 0.3) is 0 Å². The molecule has 2 aromatic carbocycles. The second-order valence-corrected chi connectivity index (χ2v) is 6.60. The Morgan fingerprint density at radius 1 is 1.00 bits per heavy atom. The fourth-order valence-corrected chi connectivity index (χ4v) is 3.35. The van der Waals surface area contributed by atoms with E-state index in [4.69, 9.17) is 4.74 Å². The van der Waals surface area contributed by atoms with Crippen molar-refractivity contribution >= 4 is 6.09 Å². The number of hydrogen-bond acceptors (Lipinski definition) is 2. The van der Waals surface area contributed by atoms with Crippen LogP contribution in [0.25, 0.3) is 0 Å². The molecular weight excluding hydrogens is 317 g/mol. The van der Waals surface area contributed by atoms with Crippen LogP contribution in [0.3, 0.4) is 0 Å². The van der Waals surface area contributed by atoms with Crippen molar-refractivity contribution in [2.45, 2.75) is 44.4 Å². The topological polar surface area (TPSA) is 38.3 Å². The summed E-state index contributed by atoms with van der Waals surface area (Å²) in [4.78, 5) is 11.9. The first kappa shape index (κ1) is 17.5. The summed E-state index contributed by atoms with van der Waals surface area (Å²) in [6.45, 7) is 0.449. The number of amides is 1. The molecule has 1 amide bonds. The molecule has 2 aromatic rings. The van der Waals surface area contributed by atoms with E-state index >= 15 is 0 Å². The smallest absolute Gasteiger partial charge is 0.410 e. The van der Waals surface area contributed by atoms with Crippen LogP contribution < -0.4 is 10.1 Å². The van der Waals surface area contributed by atoms with E-state index < -0.39 is 6.09 Å². The van der Waals surface area contributed by atoms with Gasteiger partial charge in [-0.05, 0) is 60.6 Å². The molecule has 0 unspecified atom stereocenters. The highest BCUT2D eigenvalue weighted by atomic mass is 19.1. The molecule has 3 rings (SSSR count). The van der Waals surface area contributed by atoms with E-state index in [2.05, 4.69) is 17.4 Å². The van der Waals surface area contributed by atoms with Gasteiger partial charge in [-0.1, -0.05) is 43.5 Å². The minimum atomic E-state index is -0.465. The van der Waals surface area contributed by atoms with Crippen LogP contribution >= 0.6 is 0 Å². The van der Waals surface area contributed by atoms with Gasteiger partial charge in [0.2, 0.25) is 0 Å². The van der Waals surface area contributed by atoms with Crippen molar-refractivity contribution < 1.29 is 13.9 Å². The molecule has 1 aliphatic rings. The second-order valence-electron chi connectivity index (χ2n) is 6.60. The number of ether oxygens (including phenoxy) is 1. The number of hydrogen-bond donors (Lipinski definition) is 1. The first-order chi connectivity index (χ1) is 12.2. The lowest BCUT2D eigenvalue weighted by Crippen LogP contribution is -2.28. The van der Waals surface area contributed by atoms with Crippen LogP contribution in [0.4, 0.5) is 9.18 Å². The predicted octanol–water partition coefficient (Wildman–Crippen LogP) is 5.20. The molecule has 1 saturated carbocycles. The molecule has 1 aliphatic carbocycles. The van der Waals surface area contributed by atoms with Crippen LogP contribution in [-0.2, 0) is 6.42 Å². The van der Waals surface area contributed by atoms with E-state index in [1.165, 1.54) is 49.8 Å². The van der Waals surface area contributed by atoms with Crippen LogP contribution in [0.5, 0.6) is 5.75 Å². The molecular formula is C21H24FNO2. The Balaban J connectivity index is 1.43. The Morgan fingerprint density at radius 2 is 1.68 bits per heavy atom. The van der Waals surface area contributed by atoms with Crippen LogP contribution in [0.1, 0.15) is 49.1 Å². The zero-order chi connectivity index (χ0) is 17.5. The maximum Gasteiger partial charge on any atom is 0.412 e. The van der Waals surface area contributed by atoms with Gasteiger partial charge >= 0.3 is 6.09 Å². The van der Waals surface area contributed by atoms with Crippen molar-refractivity contribution in [2.24, 2.45) is 0 Å². The average Bonchev–Trinajstić information content (AvgIpc) is 2.65. The van der Waals surface area contributed by atoms with Crippen molar-refractivity contribution in [3.05, 3.63) is 65.5 Å². The monoisotopic (exact) mass is 341 g/mol. The fraction of sp³-hybridized carbons (Fsp3) is 0.381. The summed E-state index contributed by atoms with van der Waals surface area (Å²) in [5.41, 5.74) is 2.31. The molecule has 0 aromatic heterocycles. The SMILES string of the molecule is O=C(NCCc1ccc(F)cc1)Oc1ccc(C2CCCCC2)cc1. The second kappa shape index (κ2) is 8.65. The zero-order valence-electron chi connectivity index (χ0n) is 14.3. The van der Waals surface area contributed by atoms with Gasteiger partial charge in [0.1, 0.15) is 11.6 Å². The van der Waals surface area contributed by atoms with E-state index in [0.29, 0.717) is 24.6 Å². The minimum absolute atomic E-state index is 0.257. The largest absolute Gasteiger partial charge is 0.412 e. The van der Waals surface area contributed by atoms with Crippen LogP contribution in [-0.4, -0.2) is 12.6 Å². The molecule has 0 spiro atoms. The molecule has 4 heteroatoms. The van der Waals surface area contributed by atoms with Crippen LogP contribution in [0, 0.1) is 5.82 Å². The number of carbonyl (C=O) groups excluding carboxylic acids is 1. The number of halogens is 1. The molecule has 0 aliphatic heterocycles. The Labute approximate surface area is 148 Å². The molecule has 0 atom stereocenters. The van der Waals surface area contributed by atoms with Crippen molar-refractivity contribution in [1.82, 2.24) is 5.32 Å². The van der Waals surface area contributed by atoms with Crippen LogP contribution in [0.15, 0.2) is 48.5 Å². The van der Waals surface area contributed by atoms with Crippen molar-refractivity contribution in [2.75, 3.05) is 6.54 Å². The zero-order valence-corrected chi connectivity index (χ0v) is 14.3. The van der Waals surface area contributed by atoms with Gasteiger partial charge in [-0.3, -0.25) is 0 Å². The van der Waals surface area contributed by atoms with Gasteiger partial charge in [0, 0.05) is 6.54 Å². The fourth-order valence-electron chi connectivity index (χ4n) is 3.35. The molecule has 1 fully saturated rings. The summed E-state index contributed by atoms with van der Waals surface area (Å²) in [5, 5.41) is 2.72. The van der Waals surface area contributed by atoms with Gasteiger partial charge in [0.05, 0.1) is 0 Å². The molecule has 0 saturated heterocycles. The summed E-state index contributed by atoms with van der Waals surface area (Å²) in [6.07, 6.45) is 6.63. The Bertz CT molecular complexity index is 676. The van der Waals surface area contributed by atoms with Crippen molar-refractivity contribution in [1.29, 1.82) is 0 Å². The normalized spacial score (nSPS) is 14.9. The first-order valence-corrected chi connectivity index (χ1v) is 9.01. The highest BCUT2D eigenvalue weighted by Crippen LogP contribution is 2.33. The van der Waals surface area contributed by atoms with Gasteiger partial charge in [0.15, 0.2) is 0 Å². The number of carbonyl (C=O) groups is 1. The van der Waals surface area contributed by atoms with Gasteiger partial charge in [-0.15, -0.1) is 0 Å². The third-order valence-corrected chi connectivity index (χ3v) is 4.76. The lowest BCUT2D eigenvalue weighted by Gasteiger charge is -2.22. The summed E-state index contributed by atoms with van der Waals surface area (Å²) in [7, 11) is 0. The number of rotatable bonds is 5. The Kier molecular flexibility index (Phi) is 6.04. The maximum absolute atomic E-state index is 12.8. The first-order valence-electron chi connectivity index (χ1n) is 9.01. The average molecular weight is 341 g/mol. The third-order valence-electron chi connectivity index (χ3n) is 4.76. The van der Waals surface area contributed by atoms with E-state index in [9.17, 15) is 9.18 Å². The summed E-state index contributed by atoms with van der Waals surface area (Å²) in [5.74, 6) is 0.943. The molecule has 0 bridgehead atoms. The van der Waals surface area contributed by atoms with Crippen molar-refractivity contribution in [3.63, 3.8) is 0 Å². The van der Waals surface area contributed by atoms with E-state index in [1.54, 1.807) is 12.1 Å². The van der Waals surface area contributed by atoms with Crippen LogP contribution in [0.2, 0.25) is 0 Å². The van der Waals surface area contributed by atoms with Gasteiger partial charge in [-0.2, -0.15) is 0 Å². The molecule has 132 valence electrons. The van der Waals surface area contributed by atoms with Gasteiger partial charge in [-0.25, -0.2) is 9.18 Å². The molecule has 25 heavy (non-hydrogen) atoms. The van der Waals surface area contributed by atoms with E-state index in [-0.39, 0.29) is 5.82 Å². The quantitative estimate of drug-likeness (QED) is 0.811. The molecule has 0 heterocycles. The predicted molar refractivity (Wildman–Crippen MR) is 96.4 cm³/mol. The lowest BCUT2D eigenvalue weighted by molar-refractivity contribution is 0.200. The lowest BCUT2D eigenvalue weighted by atomic mass is 9.84. The summed E-state index contributed by atoms with van der Waals surface area (Å²) >= 11 is 0. The Morgan fingerprint density at radius 3 is 2.36 bits per heavy atom. The molecule has 1 N–H and O–H groups in total. The molecule has 3 nitrogen and oxygen atoms in total. The van der Waals surface area contributed by atoms with E-state index in [0.717, 1.165) is 5.56 Å². The van der Waals surface area contributed by atoms with Gasteiger partial charge < -0.3 is 10.1 Å². The highest BCUT2D eigenvalue weighted by molar-refractivity contribution is 5.70. The number of nitrogens with one attached hydrogen (secondary N) is 1. The highest BCUT2D eigenvalue weighted by Gasteiger charge is 2.15. The minimum Gasteiger partial charge on any atom is -0.410 e. The van der Waals surface area contributed by atoms with E-state index in [1.807, 2.05) is 12.1 Å².